The first-order valence-electron chi connectivity index (χ1n) is 5.82. The molecule has 2 aromatic rings. The van der Waals surface area contributed by atoms with Gasteiger partial charge in [-0.05, 0) is 24.3 Å². The van der Waals surface area contributed by atoms with E-state index in [1.54, 1.807) is 30.3 Å². The van der Waals surface area contributed by atoms with Crippen LogP contribution < -0.4 is 5.32 Å². The van der Waals surface area contributed by atoms with Crippen molar-refractivity contribution in [1.82, 2.24) is 10.3 Å². The fraction of sp³-hybridized carbons (Fsp3) is 0.0667. The molecule has 0 spiro atoms. The molecule has 1 heterocycles. The zero-order valence-corrected chi connectivity index (χ0v) is 10.3. The maximum atomic E-state index is 13.1. The van der Waals surface area contributed by atoms with E-state index in [4.69, 9.17) is 0 Å². The smallest absolute Gasteiger partial charge is 0.253 e. The van der Waals surface area contributed by atoms with E-state index < -0.39 is 0 Å². The molecule has 0 atom stereocenters. The third-order valence-electron chi connectivity index (χ3n) is 2.55. The van der Waals surface area contributed by atoms with Crippen molar-refractivity contribution in [3.05, 3.63) is 66.6 Å². The van der Waals surface area contributed by atoms with E-state index in [1.807, 2.05) is 0 Å². The Hall–Kier alpha value is -2.49. The van der Waals surface area contributed by atoms with E-state index in [0.717, 1.165) is 0 Å². The number of hydrogen-bond donors (Lipinski definition) is 1. The number of benzene rings is 1. The molecule has 0 bridgehead atoms. The molecule has 96 valence electrons. The van der Waals surface area contributed by atoms with Crippen molar-refractivity contribution in [1.29, 1.82) is 0 Å². The van der Waals surface area contributed by atoms with Crippen LogP contribution in [0.3, 0.4) is 0 Å². The highest BCUT2D eigenvalue weighted by Gasteiger charge is 2.06. The molecule has 1 aromatic carbocycles. The maximum absolute atomic E-state index is 13.1. The highest BCUT2D eigenvalue weighted by molar-refractivity contribution is 5.94. The van der Waals surface area contributed by atoms with Crippen molar-refractivity contribution >= 4 is 5.91 Å². The molecule has 4 heteroatoms. The van der Waals surface area contributed by atoms with Crippen LogP contribution in [0.2, 0.25) is 0 Å². The van der Waals surface area contributed by atoms with E-state index in [9.17, 15) is 9.18 Å². The van der Waals surface area contributed by atoms with Crippen LogP contribution in [0.15, 0.2) is 55.3 Å². The van der Waals surface area contributed by atoms with Crippen LogP contribution in [-0.2, 0) is 0 Å². The Morgan fingerprint density at radius 2 is 2.21 bits per heavy atom. The topological polar surface area (TPSA) is 42.0 Å². The van der Waals surface area contributed by atoms with Crippen molar-refractivity contribution in [3.8, 4) is 11.3 Å². The number of nitrogens with zero attached hydrogens (tertiary/aromatic N) is 1. The molecule has 0 aliphatic carbocycles. The first-order valence-corrected chi connectivity index (χ1v) is 5.82. The number of pyridine rings is 1. The van der Waals surface area contributed by atoms with Gasteiger partial charge in [0.25, 0.3) is 5.91 Å². The molecule has 1 N–H and O–H groups in total. The van der Waals surface area contributed by atoms with E-state index in [-0.39, 0.29) is 11.7 Å². The van der Waals surface area contributed by atoms with Crippen molar-refractivity contribution < 1.29 is 9.18 Å². The first-order chi connectivity index (χ1) is 9.20. The van der Waals surface area contributed by atoms with Gasteiger partial charge in [-0.15, -0.1) is 6.58 Å². The number of amides is 1. The van der Waals surface area contributed by atoms with Crippen molar-refractivity contribution in [2.24, 2.45) is 0 Å². The van der Waals surface area contributed by atoms with Crippen molar-refractivity contribution in [2.45, 2.75) is 0 Å². The predicted molar refractivity (Wildman–Crippen MR) is 72.2 cm³/mol. The SMILES string of the molecule is C=CCNC(=O)c1ccc(-c2cccc(F)c2)nc1. The van der Waals surface area contributed by atoms with Crippen LogP contribution in [0.4, 0.5) is 4.39 Å². The Bertz CT molecular complexity index is 593. The van der Waals surface area contributed by atoms with Gasteiger partial charge in [-0.2, -0.15) is 0 Å². The molecule has 0 unspecified atom stereocenters. The standard InChI is InChI=1S/C15H13FN2O/c1-2-8-17-15(19)12-6-7-14(18-10-12)11-4-3-5-13(16)9-11/h2-7,9-10H,1,8H2,(H,17,19). The third-order valence-corrected chi connectivity index (χ3v) is 2.55. The zero-order chi connectivity index (χ0) is 13.7. The molecule has 0 saturated heterocycles. The molecular formula is C15H13FN2O. The van der Waals surface area contributed by atoms with E-state index in [0.29, 0.717) is 23.4 Å². The Balaban J connectivity index is 2.18. The molecule has 0 aliphatic heterocycles. The second kappa shape index (κ2) is 5.91. The number of halogens is 1. The van der Waals surface area contributed by atoms with Gasteiger partial charge in [0.15, 0.2) is 0 Å². The number of hydrogen-bond acceptors (Lipinski definition) is 2. The van der Waals surface area contributed by atoms with Crippen LogP contribution in [-0.4, -0.2) is 17.4 Å². The van der Waals surface area contributed by atoms with Gasteiger partial charge in [-0.3, -0.25) is 9.78 Å². The van der Waals surface area contributed by atoms with Crippen molar-refractivity contribution in [3.63, 3.8) is 0 Å². The minimum atomic E-state index is -0.313. The summed E-state index contributed by atoms with van der Waals surface area (Å²) in [7, 11) is 0. The predicted octanol–water partition coefficient (Wildman–Crippen LogP) is 2.80. The molecule has 0 saturated carbocycles. The monoisotopic (exact) mass is 256 g/mol. The highest BCUT2D eigenvalue weighted by atomic mass is 19.1. The summed E-state index contributed by atoms with van der Waals surface area (Å²) in [6.45, 7) is 3.93. The lowest BCUT2D eigenvalue weighted by Gasteiger charge is -2.04. The Morgan fingerprint density at radius 3 is 2.84 bits per heavy atom. The fourth-order valence-electron chi connectivity index (χ4n) is 1.61. The fourth-order valence-corrected chi connectivity index (χ4v) is 1.61. The van der Waals surface area contributed by atoms with Gasteiger partial charge in [0.05, 0.1) is 11.3 Å². The van der Waals surface area contributed by atoms with Crippen LogP contribution in [0.25, 0.3) is 11.3 Å². The third kappa shape index (κ3) is 3.25. The quantitative estimate of drug-likeness (QED) is 0.855. The molecule has 0 fully saturated rings. The average molecular weight is 256 g/mol. The largest absolute Gasteiger partial charge is 0.349 e. The molecule has 0 aliphatic rings. The number of carbonyl (C=O) groups excluding carboxylic acids is 1. The Labute approximate surface area is 110 Å². The van der Waals surface area contributed by atoms with Gasteiger partial charge in [-0.25, -0.2) is 4.39 Å². The zero-order valence-electron chi connectivity index (χ0n) is 10.3. The minimum Gasteiger partial charge on any atom is -0.349 e. The van der Waals surface area contributed by atoms with Crippen LogP contribution in [0.5, 0.6) is 0 Å². The van der Waals surface area contributed by atoms with Crippen molar-refractivity contribution in [2.75, 3.05) is 6.54 Å². The second-order valence-corrected chi connectivity index (χ2v) is 3.94. The number of aromatic nitrogens is 1. The van der Waals surface area contributed by atoms with E-state index >= 15 is 0 Å². The van der Waals surface area contributed by atoms with Crippen LogP contribution in [0, 0.1) is 5.82 Å². The van der Waals surface area contributed by atoms with Crippen LogP contribution in [0.1, 0.15) is 10.4 Å². The van der Waals surface area contributed by atoms with Gasteiger partial charge in [0, 0.05) is 18.3 Å². The molecule has 1 amide bonds. The Morgan fingerprint density at radius 1 is 1.37 bits per heavy atom. The molecular weight excluding hydrogens is 243 g/mol. The Kier molecular flexibility index (Phi) is 4.03. The summed E-state index contributed by atoms with van der Waals surface area (Å²) in [5.74, 6) is -0.523. The molecule has 2 rings (SSSR count). The van der Waals surface area contributed by atoms with Gasteiger partial charge < -0.3 is 5.32 Å². The van der Waals surface area contributed by atoms with Crippen LogP contribution >= 0.6 is 0 Å². The number of rotatable bonds is 4. The summed E-state index contributed by atoms with van der Waals surface area (Å²) < 4.78 is 13.1. The van der Waals surface area contributed by atoms with Gasteiger partial charge >= 0.3 is 0 Å². The summed E-state index contributed by atoms with van der Waals surface area (Å²) in [6, 6.07) is 9.52. The average Bonchev–Trinajstić information content (AvgIpc) is 2.45. The number of carbonyl (C=O) groups is 1. The molecule has 19 heavy (non-hydrogen) atoms. The molecule has 0 radical (unpaired) electrons. The minimum absolute atomic E-state index is 0.210. The lowest BCUT2D eigenvalue weighted by Crippen LogP contribution is -2.23. The van der Waals surface area contributed by atoms with Gasteiger partial charge in [-0.1, -0.05) is 18.2 Å². The van der Waals surface area contributed by atoms with E-state index in [1.165, 1.54) is 18.3 Å². The second-order valence-electron chi connectivity index (χ2n) is 3.94. The van der Waals surface area contributed by atoms with Gasteiger partial charge in [0.2, 0.25) is 0 Å². The normalized spacial score (nSPS) is 9.95. The molecule has 1 aromatic heterocycles. The number of nitrogens with one attached hydrogen (secondary N) is 1. The van der Waals surface area contributed by atoms with E-state index in [2.05, 4.69) is 16.9 Å². The highest BCUT2D eigenvalue weighted by Crippen LogP contribution is 2.17. The summed E-state index contributed by atoms with van der Waals surface area (Å²) in [5.41, 5.74) is 1.76. The summed E-state index contributed by atoms with van der Waals surface area (Å²) >= 11 is 0. The lowest BCUT2D eigenvalue weighted by molar-refractivity contribution is 0.0957. The summed E-state index contributed by atoms with van der Waals surface area (Å²) in [4.78, 5) is 15.8. The summed E-state index contributed by atoms with van der Waals surface area (Å²) in [6.07, 6.45) is 3.07. The first kappa shape index (κ1) is 13.0. The summed E-state index contributed by atoms with van der Waals surface area (Å²) in [5, 5.41) is 2.66. The lowest BCUT2D eigenvalue weighted by atomic mass is 10.1. The maximum Gasteiger partial charge on any atom is 0.253 e. The molecule has 3 nitrogen and oxygen atoms in total. The van der Waals surface area contributed by atoms with Gasteiger partial charge in [0.1, 0.15) is 5.82 Å².